The molecule has 1 amide bonds. The van der Waals surface area contributed by atoms with Gasteiger partial charge in [-0.2, -0.15) is 0 Å². The molecular formula is C20H32N4O. The largest absolute Gasteiger partial charge is 0.357 e. The lowest BCUT2D eigenvalue weighted by Gasteiger charge is -2.16. The summed E-state index contributed by atoms with van der Waals surface area (Å²) < 4.78 is 0. The van der Waals surface area contributed by atoms with Crippen LogP contribution in [0.25, 0.3) is 0 Å². The van der Waals surface area contributed by atoms with Crippen molar-refractivity contribution in [3.05, 3.63) is 35.4 Å². The van der Waals surface area contributed by atoms with Crippen LogP contribution in [0.15, 0.2) is 29.3 Å². The van der Waals surface area contributed by atoms with Crippen LogP contribution in [0.5, 0.6) is 0 Å². The van der Waals surface area contributed by atoms with Crippen molar-refractivity contribution in [1.29, 1.82) is 0 Å². The van der Waals surface area contributed by atoms with Crippen LogP contribution in [0, 0.1) is 5.92 Å². The molecule has 1 saturated heterocycles. The Bertz CT molecular complexity index is 583. The third kappa shape index (κ3) is 6.77. The van der Waals surface area contributed by atoms with Crippen LogP contribution in [-0.2, 0) is 17.9 Å². The maximum absolute atomic E-state index is 11.8. The van der Waals surface area contributed by atoms with Gasteiger partial charge in [-0.3, -0.25) is 4.79 Å². The monoisotopic (exact) mass is 344 g/mol. The second-order valence-electron chi connectivity index (χ2n) is 7.04. The number of guanidine groups is 1. The summed E-state index contributed by atoms with van der Waals surface area (Å²) in [6.07, 6.45) is 2.80. The fourth-order valence-electron chi connectivity index (χ4n) is 2.91. The van der Waals surface area contributed by atoms with E-state index in [2.05, 4.69) is 60.7 Å². The van der Waals surface area contributed by atoms with Crippen LogP contribution >= 0.6 is 0 Å². The third-order valence-electron chi connectivity index (χ3n) is 4.31. The van der Waals surface area contributed by atoms with Crippen molar-refractivity contribution < 1.29 is 4.79 Å². The second kappa shape index (κ2) is 10.1. The summed E-state index contributed by atoms with van der Waals surface area (Å²) >= 11 is 0. The van der Waals surface area contributed by atoms with E-state index in [9.17, 15) is 4.79 Å². The van der Waals surface area contributed by atoms with Gasteiger partial charge in [-0.05, 0) is 36.8 Å². The van der Waals surface area contributed by atoms with E-state index in [1.807, 2.05) is 4.90 Å². The Balaban J connectivity index is 1.92. The van der Waals surface area contributed by atoms with Gasteiger partial charge in [-0.15, -0.1) is 0 Å². The van der Waals surface area contributed by atoms with Gasteiger partial charge in [0.15, 0.2) is 5.96 Å². The lowest BCUT2D eigenvalue weighted by atomic mass is 10.1. The number of nitrogens with zero attached hydrogens (tertiary/aromatic N) is 2. The normalized spacial score (nSPS) is 15.1. The van der Waals surface area contributed by atoms with Gasteiger partial charge in [0, 0.05) is 32.6 Å². The standard InChI is InChI=1S/C20H32N4O/c1-4-21-20(22-11-10-16(2)3)23-14-17-7-5-8-18(13-17)15-24-12-6-9-19(24)25/h5,7-8,13,16H,4,6,9-12,14-15H2,1-3H3,(H2,21,22,23). The molecule has 2 N–H and O–H groups in total. The second-order valence-corrected chi connectivity index (χ2v) is 7.04. The minimum Gasteiger partial charge on any atom is -0.357 e. The smallest absolute Gasteiger partial charge is 0.222 e. The third-order valence-corrected chi connectivity index (χ3v) is 4.31. The Morgan fingerprint density at radius 2 is 2.08 bits per heavy atom. The summed E-state index contributed by atoms with van der Waals surface area (Å²) in [5.74, 6) is 1.82. The van der Waals surface area contributed by atoms with E-state index < -0.39 is 0 Å². The first kappa shape index (κ1) is 19.3. The van der Waals surface area contributed by atoms with Crippen LogP contribution in [0.3, 0.4) is 0 Å². The van der Waals surface area contributed by atoms with Crippen molar-refractivity contribution >= 4 is 11.9 Å². The molecule has 0 spiro atoms. The molecule has 0 bridgehead atoms. The van der Waals surface area contributed by atoms with Crippen molar-refractivity contribution in [2.24, 2.45) is 10.9 Å². The molecule has 0 aliphatic carbocycles. The van der Waals surface area contributed by atoms with Gasteiger partial charge in [0.05, 0.1) is 6.54 Å². The van der Waals surface area contributed by atoms with Crippen molar-refractivity contribution in [3.63, 3.8) is 0 Å². The maximum atomic E-state index is 11.8. The quantitative estimate of drug-likeness (QED) is 0.563. The lowest BCUT2D eigenvalue weighted by Crippen LogP contribution is -2.38. The SMILES string of the molecule is CCNC(=NCc1cccc(CN2CCCC2=O)c1)NCCC(C)C. The minimum absolute atomic E-state index is 0.271. The fourth-order valence-corrected chi connectivity index (χ4v) is 2.91. The van der Waals surface area contributed by atoms with Gasteiger partial charge in [-0.25, -0.2) is 4.99 Å². The van der Waals surface area contributed by atoms with Gasteiger partial charge in [-0.1, -0.05) is 38.1 Å². The van der Waals surface area contributed by atoms with Crippen molar-refractivity contribution in [2.45, 2.75) is 53.1 Å². The van der Waals surface area contributed by atoms with E-state index >= 15 is 0 Å². The molecule has 0 atom stereocenters. The lowest BCUT2D eigenvalue weighted by molar-refractivity contribution is -0.128. The first-order valence-electron chi connectivity index (χ1n) is 9.46. The molecule has 138 valence electrons. The molecule has 25 heavy (non-hydrogen) atoms. The number of amides is 1. The molecule has 1 aliphatic heterocycles. The number of carbonyl (C=O) groups excluding carboxylic acids is 1. The predicted molar refractivity (Wildman–Crippen MR) is 103 cm³/mol. The Morgan fingerprint density at radius 1 is 1.28 bits per heavy atom. The van der Waals surface area contributed by atoms with Crippen LogP contribution in [0.1, 0.15) is 51.2 Å². The number of hydrogen-bond donors (Lipinski definition) is 2. The average molecular weight is 345 g/mol. The number of hydrogen-bond acceptors (Lipinski definition) is 2. The molecule has 2 rings (SSSR count). The van der Waals surface area contributed by atoms with E-state index in [0.29, 0.717) is 25.4 Å². The van der Waals surface area contributed by atoms with E-state index in [-0.39, 0.29) is 5.91 Å². The summed E-state index contributed by atoms with van der Waals surface area (Å²) in [5.41, 5.74) is 2.35. The Kier molecular flexibility index (Phi) is 7.76. The maximum Gasteiger partial charge on any atom is 0.222 e. The summed E-state index contributed by atoms with van der Waals surface area (Å²) in [6, 6.07) is 8.40. The van der Waals surface area contributed by atoms with Crippen LogP contribution < -0.4 is 10.6 Å². The van der Waals surface area contributed by atoms with E-state index in [0.717, 1.165) is 38.4 Å². The van der Waals surface area contributed by atoms with Crippen molar-refractivity contribution in [2.75, 3.05) is 19.6 Å². The molecule has 0 unspecified atom stereocenters. The molecule has 0 aromatic heterocycles. The zero-order valence-corrected chi connectivity index (χ0v) is 15.8. The molecular weight excluding hydrogens is 312 g/mol. The molecule has 1 fully saturated rings. The number of carbonyl (C=O) groups is 1. The van der Waals surface area contributed by atoms with E-state index in [4.69, 9.17) is 0 Å². The molecule has 1 heterocycles. The molecule has 1 aliphatic rings. The molecule has 0 saturated carbocycles. The Hall–Kier alpha value is -2.04. The minimum atomic E-state index is 0.271. The summed E-state index contributed by atoms with van der Waals surface area (Å²) in [5, 5.41) is 6.68. The molecule has 0 radical (unpaired) electrons. The summed E-state index contributed by atoms with van der Waals surface area (Å²) in [6.45, 7) is 10.5. The number of likely N-dealkylation sites (tertiary alicyclic amines) is 1. The predicted octanol–water partition coefficient (Wildman–Crippen LogP) is 2.91. The highest BCUT2D eigenvalue weighted by Gasteiger charge is 2.19. The first-order valence-corrected chi connectivity index (χ1v) is 9.46. The molecule has 1 aromatic rings. The number of benzene rings is 1. The number of aliphatic imine (C=N–C) groups is 1. The van der Waals surface area contributed by atoms with Gasteiger partial charge in [0.2, 0.25) is 5.91 Å². The van der Waals surface area contributed by atoms with Gasteiger partial charge < -0.3 is 15.5 Å². The Morgan fingerprint density at radius 3 is 2.76 bits per heavy atom. The van der Waals surface area contributed by atoms with Gasteiger partial charge in [0.25, 0.3) is 0 Å². The summed E-state index contributed by atoms with van der Waals surface area (Å²) in [4.78, 5) is 18.4. The zero-order valence-electron chi connectivity index (χ0n) is 15.8. The number of rotatable bonds is 8. The zero-order chi connectivity index (χ0) is 18.1. The average Bonchev–Trinajstić information content (AvgIpc) is 2.97. The van der Waals surface area contributed by atoms with Gasteiger partial charge in [0.1, 0.15) is 0 Å². The molecule has 5 nitrogen and oxygen atoms in total. The van der Waals surface area contributed by atoms with Crippen LogP contribution in [0.4, 0.5) is 0 Å². The first-order chi connectivity index (χ1) is 12.1. The fraction of sp³-hybridized carbons (Fsp3) is 0.600. The highest BCUT2D eigenvalue weighted by atomic mass is 16.2. The van der Waals surface area contributed by atoms with Crippen molar-refractivity contribution in [1.82, 2.24) is 15.5 Å². The molecule has 1 aromatic carbocycles. The van der Waals surface area contributed by atoms with Gasteiger partial charge >= 0.3 is 0 Å². The van der Waals surface area contributed by atoms with E-state index in [1.165, 1.54) is 11.1 Å². The van der Waals surface area contributed by atoms with Crippen molar-refractivity contribution in [3.8, 4) is 0 Å². The molecule has 5 heteroatoms. The van der Waals surface area contributed by atoms with E-state index in [1.54, 1.807) is 0 Å². The van der Waals surface area contributed by atoms with Crippen LogP contribution in [0.2, 0.25) is 0 Å². The highest BCUT2D eigenvalue weighted by Crippen LogP contribution is 2.15. The topological polar surface area (TPSA) is 56.7 Å². The Labute approximate surface area is 151 Å². The van der Waals surface area contributed by atoms with Crippen LogP contribution in [-0.4, -0.2) is 36.4 Å². The highest BCUT2D eigenvalue weighted by molar-refractivity contribution is 5.79. The summed E-state index contributed by atoms with van der Waals surface area (Å²) in [7, 11) is 0. The number of nitrogens with one attached hydrogen (secondary N) is 2.